The zero-order chi connectivity index (χ0) is 19.7. The summed E-state index contributed by atoms with van der Waals surface area (Å²) >= 11 is 0. The summed E-state index contributed by atoms with van der Waals surface area (Å²) < 4.78 is 6.21. The van der Waals surface area contributed by atoms with Gasteiger partial charge in [-0.25, -0.2) is 0 Å². The molecular weight excluding hydrogens is 348 g/mol. The number of fused-ring (bicyclic) bond motifs is 1. The molecular formula is C20H20N2O5. The lowest BCUT2D eigenvalue weighted by atomic mass is 9.88. The van der Waals surface area contributed by atoms with Crippen LogP contribution in [0.3, 0.4) is 0 Å². The predicted molar refractivity (Wildman–Crippen MR) is 101 cm³/mol. The van der Waals surface area contributed by atoms with Crippen molar-refractivity contribution < 1.29 is 14.6 Å². The number of aryl methyl sites for hydroxylation is 2. The van der Waals surface area contributed by atoms with Crippen molar-refractivity contribution >= 4 is 16.9 Å². The van der Waals surface area contributed by atoms with Gasteiger partial charge >= 0.3 is 5.97 Å². The van der Waals surface area contributed by atoms with E-state index in [0.29, 0.717) is 5.69 Å². The highest BCUT2D eigenvalue weighted by molar-refractivity contribution is 5.80. The molecule has 0 aliphatic heterocycles. The van der Waals surface area contributed by atoms with Crippen LogP contribution in [0.25, 0.3) is 10.9 Å². The number of hydrogen-bond donors (Lipinski definition) is 2. The van der Waals surface area contributed by atoms with Crippen LogP contribution in [0.5, 0.6) is 5.75 Å². The lowest BCUT2D eigenvalue weighted by Gasteiger charge is -2.18. The lowest BCUT2D eigenvalue weighted by Crippen LogP contribution is -2.28. The molecule has 1 unspecified atom stereocenters. The number of benzene rings is 1. The molecule has 7 heteroatoms. The van der Waals surface area contributed by atoms with Gasteiger partial charge in [0.25, 0.3) is 11.1 Å². The summed E-state index contributed by atoms with van der Waals surface area (Å²) in [5.74, 6) is -1.79. The number of nitrogens with zero attached hydrogens (tertiary/aromatic N) is 1. The van der Waals surface area contributed by atoms with Crippen molar-refractivity contribution in [2.24, 2.45) is 7.05 Å². The van der Waals surface area contributed by atoms with Crippen LogP contribution in [0.2, 0.25) is 0 Å². The van der Waals surface area contributed by atoms with Gasteiger partial charge in [0.2, 0.25) is 0 Å². The minimum Gasteiger partial charge on any atom is -0.507 e. The fourth-order valence-electron chi connectivity index (χ4n) is 3.33. The van der Waals surface area contributed by atoms with Crippen LogP contribution in [0.15, 0.2) is 46.0 Å². The summed E-state index contributed by atoms with van der Waals surface area (Å²) in [6.45, 7) is 1.63. The number of aromatic nitrogens is 2. The van der Waals surface area contributed by atoms with E-state index in [1.807, 2.05) is 24.3 Å². The fraction of sp³-hybridized carbons (Fsp3) is 0.250. The number of nitrogens with one attached hydrogen (secondary N) is 1. The van der Waals surface area contributed by atoms with E-state index in [9.17, 15) is 19.5 Å². The molecule has 2 heterocycles. The van der Waals surface area contributed by atoms with Gasteiger partial charge < -0.3 is 19.4 Å². The third-order valence-corrected chi connectivity index (χ3v) is 4.67. The van der Waals surface area contributed by atoms with Gasteiger partial charge in [-0.3, -0.25) is 14.4 Å². The minimum absolute atomic E-state index is 0.0293. The molecule has 0 saturated carbocycles. The maximum absolute atomic E-state index is 13.0. The Morgan fingerprint density at radius 2 is 1.96 bits per heavy atom. The van der Waals surface area contributed by atoms with Crippen LogP contribution in [0.1, 0.15) is 29.2 Å². The highest BCUT2D eigenvalue weighted by Gasteiger charge is 2.28. The van der Waals surface area contributed by atoms with Crippen molar-refractivity contribution in [2.45, 2.75) is 19.3 Å². The highest BCUT2D eigenvalue weighted by atomic mass is 16.5. The van der Waals surface area contributed by atoms with E-state index < -0.39 is 17.4 Å². The van der Waals surface area contributed by atoms with Crippen molar-refractivity contribution in [2.75, 3.05) is 7.11 Å². The molecule has 140 valence electrons. The largest absolute Gasteiger partial charge is 0.507 e. The van der Waals surface area contributed by atoms with Gasteiger partial charge in [-0.2, -0.15) is 0 Å². The van der Waals surface area contributed by atoms with Crippen LogP contribution >= 0.6 is 0 Å². The van der Waals surface area contributed by atoms with Gasteiger partial charge in [-0.1, -0.05) is 18.2 Å². The van der Waals surface area contributed by atoms with E-state index in [1.54, 1.807) is 20.0 Å². The van der Waals surface area contributed by atoms with Crippen molar-refractivity contribution in [1.29, 1.82) is 0 Å². The van der Waals surface area contributed by atoms with Gasteiger partial charge in [0, 0.05) is 24.2 Å². The van der Waals surface area contributed by atoms with E-state index >= 15 is 0 Å². The standard InChI is InChI=1S/C20H20N2O5/c1-11-8-16(23)18(19(25)21-11)13(10-17(24)27-3)14-9-12-6-4-5-7-15(12)22(2)20(14)26/h4-9,13H,10H2,1-3H3,(H2,21,23,25). The summed E-state index contributed by atoms with van der Waals surface area (Å²) in [5.41, 5.74) is 0.526. The Balaban J connectivity index is 2.32. The van der Waals surface area contributed by atoms with E-state index in [4.69, 9.17) is 4.74 Å². The van der Waals surface area contributed by atoms with Crippen LogP contribution in [0, 0.1) is 6.92 Å². The van der Waals surface area contributed by atoms with Gasteiger partial charge in [0.05, 0.1) is 24.6 Å². The SMILES string of the molecule is COC(=O)CC(c1c(O)cc(C)[nH]c1=O)c1cc2ccccc2n(C)c1=O. The number of ether oxygens (including phenoxy) is 1. The molecule has 2 aromatic heterocycles. The number of hydrogen-bond acceptors (Lipinski definition) is 5. The van der Waals surface area contributed by atoms with Gasteiger partial charge in [-0.05, 0) is 30.5 Å². The Labute approximate surface area is 154 Å². The zero-order valence-corrected chi connectivity index (χ0v) is 15.3. The number of rotatable bonds is 4. The summed E-state index contributed by atoms with van der Waals surface area (Å²) in [5, 5.41) is 11.2. The number of aromatic hydroxyl groups is 1. The van der Waals surface area contributed by atoms with Gasteiger partial charge in [0.15, 0.2) is 0 Å². The monoisotopic (exact) mass is 368 g/mol. The quantitative estimate of drug-likeness (QED) is 0.685. The molecule has 0 spiro atoms. The first kappa shape index (κ1) is 18.4. The second-order valence-electron chi connectivity index (χ2n) is 6.44. The molecule has 1 atom stereocenters. The topological polar surface area (TPSA) is 101 Å². The molecule has 7 nitrogen and oxygen atoms in total. The Morgan fingerprint density at radius 3 is 2.63 bits per heavy atom. The first-order chi connectivity index (χ1) is 12.8. The lowest BCUT2D eigenvalue weighted by molar-refractivity contribution is -0.140. The van der Waals surface area contributed by atoms with E-state index in [1.165, 1.54) is 17.7 Å². The number of carbonyl (C=O) groups excluding carboxylic acids is 1. The number of esters is 1. The number of para-hydroxylation sites is 1. The Hall–Kier alpha value is -3.35. The van der Waals surface area contributed by atoms with Crippen molar-refractivity contribution in [3.8, 4) is 5.75 Å². The van der Waals surface area contributed by atoms with Crippen LogP contribution in [-0.2, 0) is 16.6 Å². The van der Waals surface area contributed by atoms with Gasteiger partial charge in [0.1, 0.15) is 5.75 Å². The first-order valence-corrected chi connectivity index (χ1v) is 8.41. The number of pyridine rings is 2. The fourth-order valence-corrected chi connectivity index (χ4v) is 3.33. The Bertz CT molecular complexity index is 1140. The molecule has 0 aliphatic carbocycles. The van der Waals surface area contributed by atoms with Gasteiger partial charge in [-0.15, -0.1) is 0 Å². The molecule has 27 heavy (non-hydrogen) atoms. The normalized spacial score (nSPS) is 12.1. The molecule has 0 bridgehead atoms. The number of carbonyl (C=O) groups is 1. The number of aromatic amines is 1. The van der Waals surface area contributed by atoms with Crippen LogP contribution in [0.4, 0.5) is 0 Å². The average Bonchev–Trinajstić information content (AvgIpc) is 2.63. The van der Waals surface area contributed by atoms with Crippen molar-refractivity contribution in [3.05, 3.63) is 73.9 Å². The summed E-state index contributed by atoms with van der Waals surface area (Å²) in [4.78, 5) is 40.1. The van der Waals surface area contributed by atoms with E-state index in [-0.39, 0.29) is 28.9 Å². The van der Waals surface area contributed by atoms with E-state index in [0.717, 1.165) is 10.9 Å². The number of H-pyrrole nitrogens is 1. The highest BCUT2D eigenvalue weighted by Crippen LogP contribution is 2.31. The molecule has 0 saturated heterocycles. The summed E-state index contributed by atoms with van der Waals surface area (Å²) in [7, 11) is 2.86. The molecule has 2 N–H and O–H groups in total. The minimum atomic E-state index is -0.940. The molecule has 0 amide bonds. The second kappa shape index (κ2) is 7.11. The summed E-state index contributed by atoms with van der Waals surface area (Å²) in [6, 6.07) is 10.4. The smallest absolute Gasteiger partial charge is 0.306 e. The molecule has 1 aromatic carbocycles. The molecule has 0 aliphatic rings. The van der Waals surface area contributed by atoms with Crippen LogP contribution < -0.4 is 11.1 Å². The van der Waals surface area contributed by atoms with Crippen LogP contribution in [-0.4, -0.2) is 27.7 Å². The Morgan fingerprint density at radius 1 is 1.26 bits per heavy atom. The predicted octanol–water partition coefficient (Wildman–Crippen LogP) is 1.94. The molecule has 0 fully saturated rings. The van der Waals surface area contributed by atoms with Crippen molar-refractivity contribution in [1.82, 2.24) is 9.55 Å². The Kier molecular flexibility index (Phi) is 4.85. The third-order valence-electron chi connectivity index (χ3n) is 4.67. The molecule has 0 radical (unpaired) electrons. The summed E-state index contributed by atoms with van der Waals surface area (Å²) in [6.07, 6.45) is -0.246. The third kappa shape index (κ3) is 3.36. The maximum atomic E-state index is 13.0. The first-order valence-electron chi connectivity index (χ1n) is 8.41. The second-order valence-corrected chi connectivity index (χ2v) is 6.44. The number of methoxy groups -OCH3 is 1. The average molecular weight is 368 g/mol. The maximum Gasteiger partial charge on any atom is 0.306 e. The van der Waals surface area contributed by atoms with E-state index in [2.05, 4.69) is 4.98 Å². The molecule has 3 rings (SSSR count). The molecule has 3 aromatic rings. The zero-order valence-electron chi connectivity index (χ0n) is 15.3. The van der Waals surface area contributed by atoms with Crippen molar-refractivity contribution in [3.63, 3.8) is 0 Å².